The Hall–Kier alpha value is -2.73. The van der Waals surface area contributed by atoms with Gasteiger partial charge in [-0.15, -0.1) is 11.8 Å². The van der Waals surface area contributed by atoms with Crippen molar-refractivity contribution in [2.75, 3.05) is 10.7 Å². The average Bonchev–Trinajstić information content (AvgIpc) is 3.32. The first-order valence-corrected chi connectivity index (χ1v) is 11.8. The quantitative estimate of drug-likeness (QED) is 0.668. The lowest BCUT2D eigenvalue weighted by Gasteiger charge is -2.33. The minimum Gasteiger partial charge on any atom is -0.486 e. The van der Waals surface area contributed by atoms with Crippen LogP contribution < -0.4 is 9.64 Å². The number of allylic oxidation sites excluding steroid dienone is 2. The standard InChI is InChI=1S/C25H26N2O3S/c1-15-10-11-26-16(2)27(15)22-5-3-4-21-20(22)8-9-23(21)30-18-6-7-19-17(12-25(28)29)14-31-24(19)13-18/h3-7,10-11,13,16-17,23H,8-9,12,14H2,1-2H3,(H,28,29)/t16?,17-,23?/m1/s1. The fourth-order valence-electron chi connectivity index (χ4n) is 4.93. The summed E-state index contributed by atoms with van der Waals surface area (Å²) >= 11 is 1.73. The van der Waals surface area contributed by atoms with Crippen molar-refractivity contribution in [3.05, 3.63) is 64.9 Å². The molecule has 2 aliphatic heterocycles. The van der Waals surface area contributed by atoms with E-state index in [2.05, 4.69) is 54.1 Å². The molecule has 3 aliphatic rings. The number of carbonyl (C=O) groups is 1. The molecule has 1 N–H and O–H groups in total. The number of fused-ring (bicyclic) bond motifs is 2. The maximum atomic E-state index is 11.1. The molecule has 0 saturated carbocycles. The third-order valence-electron chi connectivity index (χ3n) is 6.39. The molecule has 0 bridgehead atoms. The van der Waals surface area contributed by atoms with E-state index in [1.54, 1.807) is 11.8 Å². The van der Waals surface area contributed by atoms with E-state index < -0.39 is 5.97 Å². The first kappa shape index (κ1) is 20.2. The van der Waals surface area contributed by atoms with Gasteiger partial charge < -0.3 is 14.7 Å². The van der Waals surface area contributed by atoms with E-state index in [0.29, 0.717) is 0 Å². The van der Waals surface area contributed by atoms with E-state index >= 15 is 0 Å². The van der Waals surface area contributed by atoms with Gasteiger partial charge in [-0.25, -0.2) is 0 Å². The molecule has 0 aromatic heterocycles. The minimum atomic E-state index is -0.740. The first-order chi connectivity index (χ1) is 15.0. The molecular weight excluding hydrogens is 408 g/mol. The third-order valence-corrected chi connectivity index (χ3v) is 7.62. The molecule has 1 aliphatic carbocycles. The van der Waals surface area contributed by atoms with E-state index in [0.717, 1.165) is 34.8 Å². The summed E-state index contributed by atoms with van der Waals surface area (Å²) in [7, 11) is 0. The highest BCUT2D eigenvalue weighted by atomic mass is 32.2. The van der Waals surface area contributed by atoms with Crippen LogP contribution in [0.25, 0.3) is 0 Å². The normalized spacial score (nSPS) is 24.0. The molecule has 3 atom stereocenters. The second-order valence-corrected chi connectivity index (χ2v) is 9.47. The number of rotatable bonds is 5. The number of ether oxygens (including phenoxy) is 1. The summed E-state index contributed by atoms with van der Waals surface area (Å²) in [6.07, 6.45) is 6.18. The molecule has 2 heterocycles. The first-order valence-electron chi connectivity index (χ1n) is 10.8. The Labute approximate surface area is 186 Å². The van der Waals surface area contributed by atoms with Gasteiger partial charge in [-0.05, 0) is 67.7 Å². The van der Waals surface area contributed by atoms with Crippen LogP contribution in [0.1, 0.15) is 55.4 Å². The Bertz CT molecular complexity index is 1090. The summed E-state index contributed by atoms with van der Waals surface area (Å²) in [4.78, 5) is 19.1. The molecule has 6 heteroatoms. The van der Waals surface area contributed by atoms with Crippen molar-refractivity contribution in [2.45, 2.75) is 56.2 Å². The van der Waals surface area contributed by atoms with Crippen molar-refractivity contribution in [3.63, 3.8) is 0 Å². The highest BCUT2D eigenvalue weighted by molar-refractivity contribution is 7.99. The van der Waals surface area contributed by atoms with Crippen LogP contribution in [0.2, 0.25) is 0 Å². The lowest BCUT2D eigenvalue weighted by molar-refractivity contribution is -0.137. The van der Waals surface area contributed by atoms with Crippen molar-refractivity contribution in [1.82, 2.24) is 0 Å². The zero-order valence-electron chi connectivity index (χ0n) is 17.7. The van der Waals surface area contributed by atoms with Gasteiger partial charge in [-0.2, -0.15) is 0 Å². The fourth-order valence-corrected chi connectivity index (χ4v) is 6.21. The SMILES string of the molecule is CC1=CC=NC(C)N1c1cccc2c1CCC2Oc1ccc2c(c1)SC[C@H]2CC(=O)O. The Morgan fingerprint density at radius 3 is 2.97 bits per heavy atom. The summed E-state index contributed by atoms with van der Waals surface area (Å²) in [5.41, 5.74) is 6.16. The van der Waals surface area contributed by atoms with Gasteiger partial charge >= 0.3 is 5.97 Å². The van der Waals surface area contributed by atoms with E-state index in [9.17, 15) is 4.79 Å². The number of carboxylic acid groups (broad SMARTS) is 1. The monoisotopic (exact) mass is 434 g/mol. The van der Waals surface area contributed by atoms with Gasteiger partial charge in [0.15, 0.2) is 0 Å². The molecule has 5 nitrogen and oxygen atoms in total. The second-order valence-electron chi connectivity index (χ2n) is 8.40. The van der Waals surface area contributed by atoms with Crippen LogP contribution in [0.3, 0.4) is 0 Å². The highest BCUT2D eigenvalue weighted by Gasteiger charge is 2.31. The largest absolute Gasteiger partial charge is 0.486 e. The highest BCUT2D eigenvalue weighted by Crippen LogP contribution is 2.45. The predicted molar refractivity (Wildman–Crippen MR) is 124 cm³/mol. The Morgan fingerprint density at radius 2 is 2.16 bits per heavy atom. The third kappa shape index (κ3) is 3.74. The molecule has 0 amide bonds. The number of nitrogens with zero attached hydrogens (tertiary/aromatic N) is 2. The number of hydrogen-bond donors (Lipinski definition) is 1. The molecule has 2 unspecified atom stereocenters. The lowest BCUT2D eigenvalue weighted by atomic mass is 9.98. The van der Waals surface area contributed by atoms with Crippen molar-refractivity contribution >= 4 is 29.6 Å². The van der Waals surface area contributed by atoms with Crippen molar-refractivity contribution in [2.24, 2.45) is 4.99 Å². The zero-order chi connectivity index (χ0) is 21.5. The summed E-state index contributed by atoms with van der Waals surface area (Å²) in [5.74, 6) is 1.03. The molecule has 0 saturated heterocycles. The lowest BCUT2D eigenvalue weighted by Crippen LogP contribution is -2.33. The molecule has 2 aromatic carbocycles. The topological polar surface area (TPSA) is 62.1 Å². The molecule has 0 spiro atoms. The van der Waals surface area contributed by atoms with Crippen LogP contribution in [-0.2, 0) is 11.2 Å². The molecule has 31 heavy (non-hydrogen) atoms. The molecule has 160 valence electrons. The molecule has 0 fully saturated rings. The zero-order valence-corrected chi connectivity index (χ0v) is 18.6. The van der Waals surface area contributed by atoms with Crippen molar-refractivity contribution < 1.29 is 14.6 Å². The minimum absolute atomic E-state index is 0.0297. The molecule has 2 aromatic rings. The van der Waals surface area contributed by atoms with Crippen LogP contribution >= 0.6 is 11.8 Å². The smallest absolute Gasteiger partial charge is 0.303 e. The number of carboxylic acids is 1. The summed E-state index contributed by atoms with van der Waals surface area (Å²) in [6, 6.07) is 12.6. The van der Waals surface area contributed by atoms with Gasteiger partial charge in [0.1, 0.15) is 18.0 Å². The van der Waals surface area contributed by atoms with Gasteiger partial charge in [-0.3, -0.25) is 9.79 Å². The van der Waals surface area contributed by atoms with Crippen molar-refractivity contribution in [3.8, 4) is 5.75 Å². The van der Waals surface area contributed by atoms with Crippen LogP contribution in [0.4, 0.5) is 5.69 Å². The van der Waals surface area contributed by atoms with Gasteiger partial charge in [0.25, 0.3) is 0 Å². The fraction of sp³-hybridized carbons (Fsp3) is 0.360. The van der Waals surface area contributed by atoms with Gasteiger partial charge in [0.2, 0.25) is 0 Å². The van der Waals surface area contributed by atoms with Crippen LogP contribution in [-0.4, -0.2) is 29.2 Å². The second kappa shape index (κ2) is 8.08. The summed E-state index contributed by atoms with van der Waals surface area (Å²) in [6.45, 7) is 4.25. The van der Waals surface area contributed by atoms with Crippen LogP contribution in [0, 0.1) is 0 Å². The summed E-state index contributed by atoms with van der Waals surface area (Å²) < 4.78 is 6.45. The van der Waals surface area contributed by atoms with Crippen LogP contribution in [0.15, 0.2) is 58.1 Å². The summed E-state index contributed by atoms with van der Waals surface area (Å²) in [5, 5.41) is 9.14. The molecule has 5 rings (SSSR count). The van der Waals surface area contributed by atoms with Gasteiger partial charge in [0.05, 0.1) is 6.42 Å². The number of hydrogen-bond acceptors (Lipinski definition) is 5. The Kier molecular flexibility index (Phi) is 5.26. The Morgan fingerprint density at radius 1 is 1.29 bits per heavy atom. The number of benzene rings is 2. The van der Waals surface area contributed by atoms with E-state index in [1.807, 2.05) is 18.3 Å². The van der Waals surface area contributed by atoms with Crippen molar-refractivity contribution in [1.29, 1.82) is 0 Å². The maximum absolute atomic E-state index is 11.1. The molecular formula is C25H26N2O3S. The van der Waals surface area contributed by atoms with Crippen LogP contribution in [0.5, 0.6) is 5.75 Å². The Balaban J connectivity index is 1.38. The predicted octanol–water partition coefficient (Wildman–Crippen LogP) is 5.56. The number of aliphatic carboxylic acids is 1. The van der Waals surface area contributed by atoms with E-state index in [-0.39, 0.29) is 24.6 Å². The number of anilines is 1. The maximum Gasteiger partial charge on any atom is 0.303 e. The van der Waals surface area contributed by atoms with Gasteiger partial charge in [0, 0.05) is 34.2 Å². The number of aliphatic imine (C=N–C) groups is 1. The van der Waals surface area contributed by atoms with Gasteiger partial charge in [-0.1, -0.05) is 18.2 Å². The number of thioether (sulfide) groups is 1. The molecule has 0 radical (unpaired) electrons. The average molecular weight is 435 g/mol. The van der Waals surface area contributed by atoms with E-state index in [1.165, 1.54) is 22.5 Å². The van der Waals surface area contributed by atoms with E-state index in [4.69, 9.17) is 9.84 Å².